The molecular formula is C18H17Cl2NO4. The lowest BCUT2D eigenvalue weighted by atomic mass is 9.87. The number of methoxy groups -OCH3 is 2. The van der Waals surface area contributed by atoms with E-state index in [0.29, 0.717) is 40.1 Å². The number of rotatable bonds is 3. The minimum Gasteiger partial charge on any atom is -0.497 e. The van der Waals surface area contributed by atoms with Crippen molar-refractivity contribution < 1.29 is 19.4 Å². The van der Waals surface area contributed by atoms with Gasteiger partial charge in [0.05, 0.1) is 20.3 Å². The van der Waals surface area contributed by atoms with E-state index in [1.807, 2.05) is 6.07 Å². The average Bonchev–Trinajstić information content (AvgIpc) is 2.58. The largest absolute Gasteiger partial charge is 0.497 e. The van der Waals surface area contributed by atoms with Gasteiger partial charge in [-0.3, -0.25) is 4.90 Å². The fourth-order valence-electron chi connectivity index (χ4n) is 3.27. The van der Waals surface area contributed by atoms with Crippen LogP contribution in [0.5, 0.6) is 11.5 Å². The zero-order valence-electron chi connectivity index (χ0n) is 13.8. The third-order valence-electron chi connectivity index (χ3n) is 4.31. The van der Waals surface area contributed by atoms with Crippen molar-refractivity contribution in [2.45, 2.75) is 12.5 Å². The lowest BCUT2D eigenvalue weighted by Crippen LogP contribution is -2.40. The molecule has 1 heterocycles. The molecule has 0 radical (unpaired) electrons. The van der Waals surface area contributed by atoms with Crippen molar-refractivity contribution in [1.29, 1.82) is 0 Å². The minimum atomic E-state index is -1.01. The van der Waals surface area contributed by atoms with E-state index in [0.717, 1.165) is 11.1 Å². The van der Waals surface area contributed by atoms with Crippen LogP contribution in [-0.2, 0) is 6.42 Å². The summed E-state index contributed by atoms with van der Waals surface area (Å²) in [6, 6.07) is 8.18. The smallest absolute Gasteiger partial charge is 0.408 e. The molecule has 3 rings (SSSR count). The SMILES string of the molecule is COc1cc2c(c(OC)c1)C(c1cc(Cl)cc(Cl)c1)N(C(=O)O)CC2. The van der Waals surface area contributed by atoms with Crippen LogP contribution in [0.15, 0.2) is 30.3 Å². The number of carbonyl (C=O) groups is 1. The van der Waals surface area contributed by atoms with Crippen LogP contribution in [0.25, 0.3) is 0 Å². The molecule has 132 valence electrons. The number of carboxylic acid groups (broad SMARTS) is 1. The van der Waals surface area contributed by atoms with E-state index in [1.165, 1.54) is 4.90 Å². The lowest BCUT2D eigenvalue weighted by molar-refractivity contribution is 0.128. The first-order chi connectivity index (χ1) is 11.9. The first-order valence-corrected chi connectivity index (χ1v) is 8.40. The van der Waals surface area contributed by atoms with Gasteiger partial charge in [-0.05, 0) is 41.8 Å². The zero-order valence-corrected chi connectivity index (χ0v) is 15.3. The zero-order chi connectivity index (χ0) is 18.1. The van der Waals surface area contributed by atoms with Crippen LogP contribution in [0.3, 0.4) is 0 Å². The Kier molecular flexibility index (Phi) is 4.97. The molecule has 1 unspecified atom stereocenters. The summed E-state index contributed by atoms with van der Waals surface area (Å²) < 4.78 is 10.9. The van der Waals surface area contributed by atoms with Crippen LogP contribution in [0.2, 0.25) is 10.0 Å². The van der Waals surface area contributed by atoms with Crippen molar-refractivity contribution in [2.24, 2.45) is 0 Å². The molecule has 0 aliphatic carbocycles. The van der Waals surface area contributed by atoms with Gasteiger partial charge in [-0.15, -0.1) is 0 Å². The monoisotopic (exact) mass is 381 g/mol. The Balaban J connectivity index is 2.25. The summed E-state index contributed by atoms with van der Waals surface area (Å²) in [7, 11) is 3.14. The van der Waals surface area contributed by atoms with Gasteiger partial charge >= 0.3 is 6.09 Å². The fraction of sp³-hybridized carbons (Fsp3) is 0.278. The highest BCUT2D eigenvalue weighted by Gasteiger charge is 2.35. The number of halogens is 2. The van der Waals surface area contributed by atoms with Crippen LogP contribution in [0.4, 0.5) is 4.79 Å². The van der Waals surface area contributed by atoms with Crippen LogP contribution in [-0.4, -0.2) is 36.9 Å². The summed E-state index contributed by atoms with van der Waals surface area (Å²) in [4.78, 5) is 13.2. The molecule has 2 aromatic carbocycles. The fourth-order valence-corrected chi connectivity index (χ4v) is 3.81. The predicted molar refractivity (Wildman–Crippen MR) is 96.3 cm³/mol. The second-order valence-electron chi connectivity index (χ2n) is 5.73. The molecule has 25 heavy (non-hydrogen) atoms. The molecular weight excluding hydrogens is 365 g/mol. The van der Waals surface area contributed by atoms with E-state index < -0.39 is 12.1 Å². The molecule has 0 aromatic heterocycles. The number of fused-ring (bicyclic) bond motifs is 1. The number of hydrogen-bond donors (Lipinski definition) is 1. The van der Waals surface area contributed by atoms with Crippen molar-refractivity contribution in [2.75, 3.05) is 20.8 Å². The molecule has 0 spiro atoms. The molecule has 1 amide bonds. The highest BCUT2D eigenvalue weighted by Crippen LogP contribution is 2.43. The number of amides is 1. The third-order valence-corrected chi connectivity index (χ3v) is 4.75. The maximum absolute atomic E-state index is 11.8. The van der Waals surface area contributed by atoms with Crippen molar-refractivity contribution in [1.82, 2.24) is 4.90 Å². The molecule has 1 N–H and O–H groups in total. The Bertz CT molecular complexity index is 787. The average molecular weight is 382 g/mol. The van der Waals surface area contributed by atoms with Crippen LogP contribution >= 0.6 is 23.2 Å². The van der Waals surface area contributed by atoms with Crippen LogP contribution in [0.1, 0.15) is 22.7 Å². The molecule has 0 saturated carbocycles. The Labute approximate surface area is 155 Å². The molecule has 0 fully saturated rings. The van der Waals surface area contributed by atoms with Gasteiger partial charge in [-0.25, -0.2) is 4.79 Å². The van der Waals surface area contributed by atoms with E-state index in [-0.39, 0.29) is 0 Å². The first kappa shape index (κ1) is 17.7. The van der Waals surface area contributed by atoms with Crippen molar-refractivity contribution in [3.63, 3.8) is 0 Å². The molecule has 0 bridgehead atoms. The maximum atomic E-state index is 11.8. The van der Waals surface area contributed by atoms with Crippen LogP contribution in [0, 0.1) is 0 Å². The van der Waals surface area contributed by atoms with Crippen molar-refractivity contribution in [3.05, 3.63) is 57.1 Å². The summed E-state index contributed by atoms with van der Waals surface area (Å²) in [5, 5.41) is 10.6. The van der Waals surface area contributed by atoms with E-state index in [2.05, 4.69) is 0 Å². The number of nitrogens with zero attached hydrogens (tertiary/aromatic N) is 1. The molecule has 2 aromatic rings. The Morgan fingerprint density at radius 2 is 1.80 bits per heavy atom. The molecule has 1 aliphatic rings. The van der Waals surface area contributed by atoms with Gasteiger partial charge in [-0.1, -0.05) is 23.2 Å². The quantitative estimate of drug-likeness (QED) is 0.841. The van der Waals surface area contributed by atoms with Gasteiger partial charge in [0, 0.05) is 28.2 Å². The molecule has 1 atom stereocenters. The topological polar surface area (TPSA) is 59.0 Å². The second kappa shape index (κ2) is 7.02. The highest BCUT2D eigenvalue weighted by molar-refractivity contribution is 6.34. The number of benzene rings is 2. The second-order valence-corrected chi connectivity index (χ2v) is 6.61. The lowest BCUT2D eigenvalue weighted by Gasteiger charge is -2.37. The number of hydrogen-bond acceptors (Lipinski definition) is 3. The summed E-state index contributed by atoms with van der Waals surface area (Å²) in [6.45, 7) is 0.355. The standard InChI is InChI=1S/C18H17Cl2NO4/c1-24-14-7-10-3-4-21(18(22)23)17(16(10)15(9-14)25-2)11-5-12(19)8-13(20)6-11/h5-9,17H,3-4H2,1-2H3,(H,22,23). The summed E-state index contributed by atoms with van der Waals surface area (Å²) in [5.41, 5.74) is 2.47. The first-order valence-electron chi connectivity index (χ1n) is 7.65. The summed E-state index contributed by atoms with van der Waals surface area (Å²) >= 11 is 12.3. The van der Waals surface area contributed by atoms with Gasteiger partial charge in [0.1, 0.15) is 11.5 Å². The maximum Gasteiger partial charge on any atom is 0.408 e. The molecule has 7 heteroatoms. The summed E-state index contributed by atoms with van der Waals surface area (Å²) in [5.74, 6) is 1.24. The molecule has 1 aliphatic heterocycles. The van der Waals surface area contributed by atoms with Gasteiger partial charge in [0.15, 0.2) is 0 Å². The highest BCUT2D eigenvalue weighted by atomic mass is 35.5. The van der Waals surface area contributed by atoms with Gasteiger partial charge in [-0.2, -0.15) is 0 Å². The minimum absolute atomic E-state index is 0.355. The van der Waals surface area contributed by atoms with E-state index in [1.54, 1.807) is 38.5 Å². The number of ether oxygens (including phenoxy) is 2. The Morgan fingerprint density at radius 1 is 1.12 bits per heavy atom. The van der Waals surface area contributed by atoms with E-state index in [9.17, 15) is 9.90 Å². The van der Waals surface area contributed by atoms with E-state index in [4.69, 9.17) is 32.7 Å². The van der Waals surface area contributed by atoms with Gasteiger partial charge in [0.2, 0.25) is 0 Å². The Morgan fingerprint density at radius 3 is 2.36 bits per heavy atom. The predicted octanol–water partition coefficient (Wildman–Crippen LogP) is 4.64. The van der Waals surface area contributed by atoms with Crippen LogP contribution < -0.4 is 9.47 Å². The normalized spacial score (nSPS) is 16.3. The van der Waals surface area contributed by atoms with Crippen molar-refractivity contribution in [3.8, 4) is 11.5 Å². The van der Waals surface area contributed by atoms with Gasteiger partial charge < -0.3 is 14.6 Å². The molecule has 0 saturated heterocycles. The Hall–Kier alpha value is -2.11. The van der Waals surface area contributed by atoms with E-state index >= 15 is 0 Å². The van der Waals surface area contributed by atoms with Gasteiger partial charge in [0.25, 0.3) is 0 Å². The summed E-state index contributed by atoms with van der Waals surface area (Å²) in [6.07, 6.45) is -0.440. The molecule has 5 nitrogen and oxygen atoms in total. The third kappa shape index (κ3) is 3.34. The van der Waals surface area contributed by atoms with Crippen molar-refractivity contribution >= 4 is 29.3 Å².